The molecule has 0 aliphatic heterocycles. The number of carbonyl (C=O) groups is 1. The Labute approximate surface area is 203 Å². The van der Waals surface area contributed by atoms with Crippen molar-refractivity contribution in [2.45, 2.75) is 106 Å². The maximum absolute atomic E-state index is 10.8. The van der Waals surface area contributed by atoms with Gasteiger partial charge in [0.05, 0.1) is 6.61 Å². The van der Waals surface area contributed by atoms with Crippen molar-refractivity contribution in [3.8, 4) is 0 Å². The molecule has 0 spiro atoms. The highest BCUT2D eigenvalue weighted by molar-refractivity contribution is 5.85. The molecule has 0 unspecified atom stereocenters. The second-order valence-corrected chi connectivity index (χ2v) is 9.32. The molecule has 0 saturated heterocycles. The Hall–Kier alpha value is -2.13. The number of hydrogen-bond acceptors (Lipinski definition) is 2. The van der Waals surface area contributed by atoms with Crippen molar-refractivity contribution in [1.82, 2.24) is 0 Å². The van der Waals surface area contributed by atoms with Gasteiger partial charge < -0.3 is 10.2 Å². The minimum absolute atomic E-state index is 0.138. The summed E-state index contributed by atoms with van der Waals surface area (Å²) in [5, 5.41) is 17.8. The Morgan fingerprint density at radius 2 is 0.788 bits per heavy atom. The summed E-state index contributed by atoms with van der Waals surface area (Å²) >= 11 is 0. The lowest BCUT2D eigenvalue weighted by atomic mass is 10.0. The first-order chi connectivity index (χ1) is 15.6. The van der Waals surface area contributed by atoms with E-state index in [2.05, 4.69) is 58.9 Å². The first-order valence-electron chi connectivity index (χ1n) is 12.4. The molecule has 0 aliphatic rings. The second-order valence-electron chi connectivity index (χ2n) is 9.32. The van der Waals surface area contributed by atoms with Gasteiger partial charge in [-0.15, -0.1) is 0 Å². The van der Waals surface area contributed by atoms with Gasteiger partial charge in [-0.05, 0) is 106 Å². The molecule has 0 amide bonds. The molecule has 0 heterocycles. The smallest absolute Gasteiger partial charge is 0.330 e. The molecule has 0 atom stereocenters. The maximum atomic E-state index is 10.8. The summed E-state index contributed by atoms with van der Waals surface area (Å²) in [4.78, 5) is 10.8. The number of rotatable bonds is 17. The highest BCUT2D eigenvalue weighted by Gasteiger charge is 1.98. The summed E-state index contributed by atoms with van der Waals surface area (Å²) in [5.74, 6) is -0.830. The van der Waals surface area contributed by atoms with E-state index in [9.17, 15) is 4.79 Å². The van der Waals surface area contributed by atoms with E-state index in [4.69, 9.17) is 10.2 Å². The molecule has 0 radical (unpaired) electrons. The fourth-order valence-electron chi connectivity index (χ4n) is 3.45. The zero-order valence-electron chi connectivity index (χ0n) is 22.0. The van der Waals surface area contributed by atoms with Crippen molar-refractivity contribution < 1.29 is 15.0 Å². The van der Waals surface area contributed by atoms with E-state index in [-0.39, 0.29) is 6.61 Å². The van der Waals surface area contributed by atoms with Gasteiger partial charge in [0.1, 0.15) is 0 Å². The molecule has 0 fully saturated rings. The Morgan fingerprint density at radius 1 is 0.515 bits per heavy atom. The van der Waals surface area contributed by atoms with Crippen LogP contribution in [0.25, 0.3) is 0 Å². The van der Waals surface area contributed by atoms with Gasteiger partial charge in [-0.2, -0.15) is 0 Å². The second kappa shape index (κ2) is 19.3. The lowest BCUT2D eigenvalue weighted by molar-refractivity contribution is -0.132. The van der Waals surface area contributed by atoms with Gasteiger partial charge >= 0.3 is 5.97 Å². The minimum Gasteiger partial charge on any atom is -0.478 e. The van der Waals surface area contributed by atoms with Gasteiger partial charge in [0.15, 0.2) is 0 Å². The van der Waals surface area contributed by atoms with Crippen LogP contribution in [0.5, 0.6) is 0 Å². The van der Waals surface area contributed by atoms with Crippen LogP contribution < -0.4 is 0 Å². The zero-order valence-corrected chi connectivity index (χ0v) is 22.0. The van der Waals surface area contributed by atoms with Crippen LogP contribution >= 0.6 is 0 Å². The van der Waals surface area contributed by atoms with Crippen molar-refractivity contribution in [2.75, 3.05) is 6.61 Å². The number of hydrogen-bond donors (Lipinski definition) is 2. The van der Waals surface area contributed by atoms with Crippen LogP contribution in [0.2, 0.25) is 0 Å². The Morgan fingerprint density at radius 3 is 1.06 bits per heavy atom. The molecule has 0 aromatic carbocycles. The minimum atomic E-state index is -0.830. The first-order valence-corrected chi connectivity index (χ1v) is 12.4. The van der Waals surface area contributed by atoms with Crippen LogP contribution in [0.3, 0.4) is 0 Å². The van der Waals surface area contributed by atoms with Gasteiger partial charge in [0, 0.05) is 5.57 Å². The molecule has 2 N–H and O–H groups in total. The van der Waals surface area contributed by atoms with Gasteiger partial charge in [-0.1, -0.05) is 64.3 Å². The predicted octanol–water partition coefficient (Wildman–Crippen LogP) is 8.64. The third kappa shape index (κ3) is 19.1. The quantitative estimate of drug-likeness (QED) is 0.170. The molecular formula is C30H48O3. The molecule has 0 bridgehead atoms. The number of aliphatic carboxylic acids is 1. The van der Waals surface area contributed by atoms with Crippen LogP contribution in [0, 0.1) is 0 Å². The van der Waals surface area contributed by atoms with Gasteiger partial charge in [-0.25, -0.2) is 4.79 Å². The van der Waals surface area contributed by atoms with E-state index in [1.807, 2.05) is 6.08 Å². The monoisotopic (exact) mass is 456 g/mol. The van der Waals surface area contributed by atoms with E-state index in [1.54, 1.807) is 13.0 Å². The molecule has 3 nitrogen and oxygen atoms in total. The van der Waals surface area contributed by atoms with Crippen molar-refractivity contribution in [3.05, 3.63) is 69.9 Å². The molecular weight excluding hydrogens is 408 g/mol. The fourth-order valence-corrected chi connectivity index (χ4v) is 3.45. The number of allylic oxidation sites excluding steroid dienone is 10. The van der Waals surface area contributed by atoms with E-state index >= 15 is 0 Å². The number of carboxylic acids is 1. The van der Waals surface area contributed by atoms with Crippen LogP contribution in [-0.2, 0) is 4.79 Å². The first kappa shape index (κ1) is 30.9. The summed E-state index contributed by atoms with van der Waals surface area (Å²) in [5.41, 5.74) is 7.37. The number of carboxylic acid groups (broad SMARTS) is 1. The van der Waals surface area contributed by atoms with Crippen LogP contribution in [-0.4, -0.2) is 22.8 Å². The van der Waals surface area contributed by atoms with Gasteiger partial charge in [0.2, 0.25) is 0 Å². The SMILES string of the molecule is CC(=CCO)CCC=C(C)CCC=C(C)CCC=C(C)CCC=C(C)CCC=C(C)C(=O)O. The van der Waals surface area contributed by atoms with Crippen molar-refractivity contribution in [2.24, 2.45) is 0 Å². The van der Waals surface area contributed by atoms with Crippen molar-refractivity contribution in [1.29, 1.82) is 0 Å². The average Bonchev–Trinajstić information content (AvgIpc) is 2.73. The Bertz CT molecular complexity index is 757. The molecule has 186 valence electrons. The molecule has 0 saturated carbocycles. The van der Waals surface area contributed by atoms with Crippen molar-refractivity contribution in [3.63, 3.8) is 0 Å². The van der Waals surface area contributed by atoms with Gasteiger partial charge in [0.25, 0.3) is 0 Å². The van der Waals surface area contributed by atoms with Crippen LogP contribution in [0.15, 0.2) is 69.9 Å². The van der Waals surface area contributed by atoms with E-state index in [0.29, 0.717) is 5.57 Å². The summed E-state index contributed by atoms with van der Waals surface area (Å²) in [6, 6.07) is 0. The number of aliphatic hydroxyl groups excluding tert-OH is 1. The summed E-state index contributed by atoms with van der Waals surface area (Å²) in [6.07, 6.45) is 23.4. The molecule has 33 heavy (non-hydrogen) atoms. The lowest BCUT2D eigenvalue weighted by Gasteiger charge is -2.03. The third-order valence-corrected chi connectivity index (χ3v) is 5.89. The summed E-state index contributed by atoms with van der Waals surface area (Å²) in [6.45, 7) is 12.6. The van der Waals surface area contributed by atoms with E-state index in [1.165, 1.54) is 27.9 Å². The Kier molecular flexibility index (Phi) is 18.1. The topological polar surface area (TPSA) is 57.5 Å². The molecule has 0 rings (SSSR count). The van der Waals surface area contributed by atoms with E-state index in [0.717, 1.165) is 64.2 Å². The highest BCUT2D eigenvalue weighted by atomic mass is 16.4. The third-order valence-electron chi connectivity index (χ3n) is 5.89. The molecule has 0 aromatic rings. The Balaban J connectivity index is 4.15. The lowest BCUT2D eigenvalue weighted by Crippen LogP contribution is -1.95. The predicted molar refractivity (Wildman–Crippen MR) is 143 cm³/mol. The molecule has 0 aromatic heterocycles. The average molecular weight is 457 g/mol. The molecule has 3 heteroatoms. The maximum Gasteiger partial charge on any atom is 0.330 e. The van der Waals surface area contributed by atoms with Gasteiger partial charge in [-0.3, -0.25) is 0 Å². The standard InChI is InChI=1S/C30H48O3/c1-24(14-8-15-26(3)18-10-19-28(5)22-23-31)12-7-13-25(2)16-9-17-27(4)20-11-21-29(6)30(32)33/h13-14,17-18,21-22,31H,7-12,15-16,19-20,23H2,1-6H3,(H,32,33). The number of aliphatic hydroxyl groups is 1. The van der Waals surface area contributed by atoms with E-state index < -0.39 is 5.97 Å². The van der Waals surface area contributed by atoms with Crippen molar-refractivity contribution >= 4 is 5.97 Å². The fraction of sp³-hybridized carbons (Fsp3) is 0.567. The zero-order chi connectivity index (χ0) is 25.1. The van der Waals surface area contributed by atoms with Crippen LogP contribution in [0.1, 0.15) is 106 Å². The molecule has 0 aliphatic carbocycles. The summed E-state index contributed by atoms with van der Waals surface area (Å²) < 4.78 is 0. The van der Waals surface area contributed by atoms with Crippen LogP contribution in [0.4, 0.5) is 0 Å². The normalized spacial score (nSPS) is 14.8. The summed E-state index contributed by atoms with van der Waals surface area (Å²) in [7, 11) is 0. The largest absolute Gasteiger partial charge is 0.478 e. The highest BCUT2D eigenvalue weighted by Crippen LogP contribution is 2.15.